The van der Waals surface area contributed by atoms with Crippen molar-refractivity contribution in [2.75, 3.05) is 0 Å². The van der Waals surface area contributed by atoms with Crippen molar-refractivity contribution in [3.05, 3.63) is 77.4 Å². The van der Waals surface area contributed by atoms with Gasteiger partial charge in [0.25, 0.3) is 0 Å². The van der Waals surface area contributed by atoms with Crippen molar-refractivity contribution in [3.8, 4) is 0 Å². The SMILES string of the molecule is CC1CC(C(C)(C)C)CC1C(C)C1C2C=C(C(C)(C)C)C=CC2C2C(c3ccccc3)=CC(C(C)(C)C)=CC21. The fourth-order valence-corrected chi connectivity index (χ4v) is 8.93. The highest BCUT2D eigenvalue weighted by Gasteiger charge is 2.55. The first-order valence-corrected chi connectivity index (χ1v) is 16.0. The van der Waals surface area contributed by atoms with Crippen molar-refractivity contribution in [3.63, 3.8) is 0 Å². The fourth-order valence-electron chi connectivity index (χ4n) is 8.93. The lowest BCUT2D eigenvalue weighted by atomic mass is 9.66. The van der Waals surface area contributed by atoms with Gasteiger partial charge in [0.15, 0.2) is 0 Å². The van der Waals surface area contributed by atoms with Crippen LogP contribution in [-0.2, 0) is 0 Å². The summed E-state index contributed by atoms with van der Waals surface area (Å²) in [5.74, 6) is 6.19. The second kappa shape index (κ2) is 9.92. The lowest BCUT2D eigenvalue weighted by Crippen LogP contribution is -2.32. The molecule has 0 aliphatic heterocycles. The molecule has 39 heavy (non-hydrogen) atoms. The molecule has 2 saturated carbocycles. The Morgan fingerprint density at radius 2 is 1.36 bits per heavy atom. The van der Waals surface area contributed by atoms with Crippen molar-refractivity contribution < 1.29 is 0 Å². The summed E-state index contributed by atoms with van der Waals surface area (Å²) >= 11 is 0. The first-order valence-electron chi connectivity index (χ1n) is 16.0. The van der Waals surface area contributed by atoms with Crippen LogP contribution in [0, 0.1) is 69.5 Å². The normalized spacial score (nSPS) is 35.6. The first-order chi connectivity index (χ1) is 18.1. The van der Waals surface area contributed by atoms with Gasteiger partial charge in [-0.25, -0.2) is 0 Å². The molecule has 0 N–H and O–H groups in total. The van der Waals surface area contributed by atoms with Gasteiger partial charge in [0, 0.05) is 0 Å². The zero-order valence-electron chi connectivity index (χ0n) is 26.9. The summed E-state index contributed by atoms with van der Waals surface area (Å²) in [5.41, 5.74) is 6.83. The van der Waals surface area contributed by atoms with Crippen molar-refractivity contribution >= 4 is 5.57 Å². The van der Waals surface area contributed by atoms with E-state index in [-0.39, 0.29) is 10.8 Å². The van der Waals surface area contributed by atoms with Crippen molar-refractivity contribution in [2.45, 2.75) is 89.0 Å². The Labute approximate surface area is 241 Å². The van der Waals surface area contributed by atoms with Gasteiger partial charge in [0.1, 0.15) is 0 Å². The van der Waals surface area contributed by atoms with Crippen LogP contribution in [0.15, 0.2) is 71.9 Å². The van der Waals surface area contributed by atoms with Gasteiger partial charge in [-0.05, 0) is 105 Å². The van der Waals surface area contributed by atoms with E-state index in [0.717, 1.165) is 17.8 Å². The molecule has 0 nitrogen and oxygen atoms in total. The van der Waals surface area contributed by atoms with Crippen LogP contribution >= 0.6 is 0 Å². The monoisotopic (exact) mass is 524 g/mol. The Bertz CT molecular complexity index is 1170. The third kappa shape index (κ3) is 5.31. The van der Waals surface area contributed by atoms with E-state index in [1.807, 2.05) is 0 Å². The molecule has 1 aromatic carbocycles. The van der Waals surface area contributed by atoms with Crippen LogP contribution in [0.5, 0.6) is 0 Å². The fraction of sp³-hybridized carbons (Fsp3) is 0.641. The molecule has 0 amide bonds. The van der Waals surface area contributed by atoms with Gasteiger partial charge < -0.3 is 0 Å². The lowest BCUT2D eigenvalue weighted by molar-refractivity contribution is 0.152. The number of fused-ring (bicyclic) bond motifs is 3. The second-order valence-corrected chi connectivity index (χ2v) is 16.9. The molecule has 5 rings (SSSR count). The summed E-state index contributed by atoms with van der Waals surface area (Å²) < 4.78 is 0. The molecule has 9 unspecified atom stereocenters. The summed E-state index contributed by atoms with van der Waals surface area (Å²) in [4.78, 5) is 0. The van der Waals surface area contributed by atoms with E-state index >= 15 is 0 Å². The molecule has 0 heteroatoms. The van der Waals surface area contributed by atoms with Gasteiger partial charge in [0.05, 0.1) is 0 Å². The summed E-state index contributed by atoms with van der Waals surface area (Å²) in [6, 6.07) is 11.3. The molecule has 0 heterocycles. The zero-order chi connectivity index (χ0) is 28.5. The average Bonchev–Trinajstić information content (AvgIpc) is 3.40. The lowest BCUT2D eigenvalue weighted by Gasteiger charge is -2.39. The van der Waals surface area contributed by atoms with Gasteiger partial charge in [-0.1, -0.05) is 137 Å². The molecule has 4 aliphatic rings. The van der Waals surface area contributed by atoms with Gasteiger partial charge >= 0.3 is 0 Å². The topological polar surface area (TPSA) is 0 Å². The smallest absolute Gasteiger partial charge is 0.00210 e. The van der Waals surface area contributed by atoms with Gasteiger partial charge in [-0.3, -0.25) is 0 Å². The maximum atomic E-state index is 2.76. The molecule has 0 bridgehead atoms. The molecule has 0 spiro atoms. The van der Waals surface area contributed by atoms with Crippen molar-refractivity contribution in [2.24, 2.45) is 69.5 Å². The van der Waals surface area contributed by atoms with Crippen molar-refractivity contribution in [1.82, 2.24) is 0 Å². The Kier molecular flexibility index (Phi) is 7.30. The molecule has 0 radical (unpaired) electrons. The Morgan fingerprint density at radius 3 is 1.92 bits per heavy atom. The summed E-state index contributed by atoms with van der Waals surface area (Å²) in [6.45, 7) is 27.0. The summed E-state index contributed by atoms with van der Waals surface area (Å²) in [6.07, 6.45) is 16.0. The highest BCUT2D eigenvalue weighted by Crippen LogP contribution is 2.62. The zero-order valence-corrected chi connectivity index (χ0v) is 26.9. The third-order valence-electron chi connectivity index (χ3n) is 11.4. The molecule has 0 aromatic heterocycles. The Hall–Kier alpha value is -1.82. The molecule has 4 aliphatic carbocycles. The van der Waals surface area contributed by atoms with Crippen molar-refractivity contribution in [1.29, 1.82) is 0 Å². The van der Waals surface area contributed by atoms with Crippen LogP contribution in [0.4, 0.5) is 0 Å². The first kappa shape index (κ1) is 28.7. The highest BCUT2D eigenvalue weighted by molar-refractivity contribution is 5.74. The quantitative estimate of drug-likeness (QED) is 0.369. The molecule has 9 atom stereocenters. The minimum Gasteiger partial charge on any atom is -0.0799 e. The number of hydrogen-bond acceptors (Lipinski definition) is 0. The molecule has 212 valence electrons. The Morgan fingerprint density at radius 1 is 0.744 bits per heavy atom. The van der Waals surface area contributed by atoms with Gasteiger partial charge in [0.2, 0.25) is 0 Å². The molecular formula is C39H56. The standard InChI is InChI=1S/C39H56/c1-24-19-28(38(6,7)8)21-31(24)25(2)35-33-20-27(37(3,4)5)17-18-30(33)36-32(26-15-13-12-14-16-26)22-29(23-34(35)36)39(9,10)11/h12-18,20,22-25,28,30-31,33-36H,19,21H2,1-11H3. The van der Waals surface area contributed by atoms with E-state index in [1.54, 1.807) is 5.57 Å². The number of rotatable bonds is 3. The van der Waals surface area contributed by atoms with E-state index in [1.165, 1.54) is 29.6 Å². The van der Waals surface area contributed by atoms with E-state index in [4.69, 9.17) is 0 Å². The van der Waals surface area contributed by atoms with E-state index in [2.05, 4.69) is 137 Å². The van der Waals surface area contributed by atoms with Crippen LogP contribution < -0.4 is 0 Å². The third-order valence-corrected chi connectivity index (χ3v) is 11.4. The van der Waals surface area contributed by atoms with E-state index < -0.39 is 0 Å². The van der Waals surface area contributed by atoms with Gasteiger partial charge in [-0.15, -0.1) is 0 Å². The predicted molar refractivity (Wildman–Crippen MR) is 170 cm³/mol. The predicted octanol–water partition coefficient (Wildman–Crippen LogP) is 11.0. The number of benzene rings is 1. The second-order valence-electron chi connectivity index (χ2n) is 16.9. The molecule has 0 saturated heterocycles. The molecule has 1 aromatic rings. The van der Waals surface area contributed by atoms with Gasteiger partial charge in [-0.2, -0.15) is 0 Å². The van der Waals surface area contributed by atoms with Crippen LogP contribution in [0.2, 0.25) is 0 Å². The number of hydrogen-bond donors (Lipinski definition) is 0. The van der Waals surface area contributed by atoms with E-state index in [0.29, 0.717) is 40.9 Å². The maximum Gasteiger partial charge on any atom is -0.00210 e. The average molecular weight is 525 g/mol. The van der Waals surface area contributed by atoms with Crippen LogP contribution in [0.25, 0.3) is 5.57 Å². The Balaban J connectivity index is 1.63. The minimum absolute atomic E-state index is 0.146. The van der Waals surface area contributed by atoms with Crippen LogP contribution in [0.1, 0.15) is 94.6 Å². The van der Waals surface area contributed by atoms with Crippen LogP contribution in [0.3, 0.4) is 0 Å². The summed E-state index contributed by atoms with van der Waals surface area (Å²) in [7, 11) is 0. The largest absolute Gasteiger partial charge is 0.0799 e. The summed E-state index contributed by atoms with van der Waals surface area (Å²) in [5, 5.41) is 0. The van der Waals surface area contributed by atoms with Crippen LogP contribution in [-0.4, -0.2) is 0 Å². The minimum atomic E-state index is 0.146. The molecule has 2 fully saturated rings. The maximum absolute atomic E-state index is 2.76. The molecular weight excluding hydrogens is 468 g/mol. The highest BCUT2D eigenvalue weighted by atomic mass is 14.6. The number of allylic oxidation sites excluding steroid dienone is 8. The van der Waals surface area contributed by atoms with E-state index in [9.17, 15) is 0 Å².